The van der Waals surface area contributed by atoms with Crippen LogP contribution in [0.25, 0.3) is 5.65 Å². The van der Waals surface area contributed by atoms with Crippen molar-refractivity contribution < 1.29 is 5.21 Å². The van der Waals surface area contributed by atoms with Crippen LogP contribution in [0.4, 0.5) is 0 Å². The summed E-state index contributed by atoms with van der Waals surface area (Å²) in [4.78, 5) is 4.12. The van der Waals surface area contributed by atoms with E-state index >= 15 is 0 Å². The molecule has 2 rings (SSSR count). The average molecular weight is 176 g/mol. The molecule has 0 aliphatic heterocycles. The Bertz CT molecular complexity index is 460. The van der Waals surface area contributed by atoms with Crippen molar-refractivity contribution in [1.29, 1.82) is 0 Å². The Morgan fingerprint density at radius 1 is 1.62 bits per heavy atom. The molecule has 0 radical (unpaired) electrons. The monoisotopic (exact) mass is 176 g/mol. The summed E-state index contributed by atoms with van der Waals surface area (Å²) in [6.45, 7) is 1.90. The number of fused-ring (bicyclic) bond motifs is 1. The summed E-state index contributed by atoms with van der Waals surface area (Å²) in [5.41, 5.74) is 2.40. The molecule has 0 unspecified atom stereocenters. The zero-order chi connectivity index (χ0) is 9.26. The molecule has 2 aromatic rings. The summed E-state index contributed by atoms with van der Waals surface area (Å²) in [7, 11) is 0. The molecule has 0 saturated heterocycles. The van der Waals surface area contributed by atoms with Gasteiger partial charge in [0.15, 0.2) is 5.65 Å². The second-order valence-corrected chi connectivity index (χ2v) is 2.72. The topological polar surface area (TPSA) is 62.8 Å². The minimum atomic E-state index is 0.707. The van der Waals surface area contributed by atoms with Crippen LogP contribution in [0.15, 0.2) is 23.6 Å². The van der Waals surface area contributed by atoms with Crippen molar-refractivity contribution in [3.63, 3.8) is 0 Å². The molecule has 0 aromatic carbocycles. The molecule has 2 heterocycles. The summed E-state index contributed by atoms with van der Waals surface area (Å²) in [5.74, 6) is 0. The number of hydrogen-bond acceptors (Lipinski definition) is 4. The van der Waals surface area contributed by atoms with Gasteiger partial charge in [-0.15, -0.1) is 0 Å². The average Bonchev–Trinajstić information content (AvgIpc) is 2.44. The van der Waals surface area contributed by atoms with E-state index < -0.39 is 0 Å². The molecule has 0 aliphatic carbocycles. The number of hydrogen-bond donors (Lipinski definition) is 1. The summed E-state index contributed by atoms with van der Waals surface area (Å²) in [6.07, 6.45) is 4.68. The first-order valence-corrected chi connectivity index (χ1v) is 3.79. The van der Waals surface area contributed by atoms with Gasteiger partial charge < -0.3 is 5.21 Å². The molecule has 5 nitrogen and oxygen atoms in total. The van der Waals surface area contributed by atoms with Gasteiger partial charge in [-0.05, 0) is 6.92 Å². The van der Waals surface area contributed by atoms with Gasteiger partial charge in [0.25, 0.3) is 0 Å². The van der Waals surface area contributed by atoms with Crippen LogP contribution in [0.5, 0.6) is 0 Å². The molecular formula is C8H8N4O. The minimum Gasteiger partial charge on any atom is -0.411 e. The van der Waals surface area contributed by atoms with E-state index in [1.54, 1.807) is 16.9 Å². The first kappa shape index (κ1) is 7.72. The molecule has 13 heavy (non-hydrogen) atoms. The smallest absolute Gasteiger partial charge is 0.155 e. The van der Waals surface area contributed by atoms with E-state index in [0.29, 0.717) is 5.56 Å². The lowest BCUT2D eigenvalue weighted by atomic mass is 10.4. The van der Waals surface area contributed by atoms with Crippen LogP contribution in [0.3, 0.4) is 0 Å². The van der Waals surface area contributed by atoms with Crippen molar-refractivity contribution in [2.45, 2.75) is 6.92 Å². The second kappa shape index (κ2) is 2.85. The first-order chi connectivity index (χ1) is 6.29. The van der Waals surface area contributed by atoms with E-state index in [2.05, 4.69) is 15.2 Å². The fourth-order valence-electron chi connectivity index (χ4n) is 1.14. The molecular weight excluding hydrogens is 168 g/mol. The molecule has 0 amide bonds. The summed E-state index contributed by atoms with van der Waals surface area (Å²) in [5, 5.41) is 15.4. The lowest BCUT2D eigenvalue weighted by molar-refractivity contribution is 0.322. The third-order valence-electron chi connectivity index (χ3n) is 1.66. The van der Waals surface area contributed by atoms with Crippen LogP contribution >= 0.6 is 0 Å². The summed E-state index contributed by atoms with van der Waals surface area (Å²) >= 11 is 0. The summed E-state index contributed by atoms with van der Waals surface area (Å²) < 4.78 is 1.65. The molecule has 1 N–H and O–H groups in total. The molecule has 0 spiro atoms. The predicted octanol–water partition coefficient (Wildman–Crippen LogP) is 0.846. The standard InChI is InChI=1S/C8H8N4O/c1-6-2-8-9-3-7(4-10-13)5-12(8)11-6/h2-5,13H,1H3. The van der Waals surface area contributed by atoms with Crippen molar-refractivity contribution in [3.05, 3.63) is 29.7 Å². The predicted molar refractivity (Wildman–Crippen MR) is 47.1 cm³/mol. The number of rotatable bonds is 1. The lowest BCUT2D eigenvalue weighted by Gasteiger charge is -1.92. The molecule has 0 saturated carbocycles. The maximum absolute atomic E-state index is 8.31. The van der Waals surface area contributed by atoms with E-state index in [4.69, 9.17) is 5.21 Å². The van der Waals surface area contributed by atoms with E-state index in [0.717, 1.165) is 11.3 Å². The maximum atomic E-state index is 8.31. The van der Waals surface area contributed by atoms with Crippen LogP contribution in [-0.4, -0.2) is 26.0 Å². The Labute approximate surface area is 74.3 Å². The van der Waals surface area contributed by atoms with E-state index in [1.165, 1.54) is 6.21 Å². The molecule has 66 valence electrons. The normalized spacial score (nSPS) is 11.5. The highest BCUT2D eigenvalue weighted by Crippen LogP contribution is 2.02. The number of aryl methyl sites for hydroxylation is 1. The highest BCUT2D eigenvalue weighted by atomic mass is 16.4. The van der Waals surface area contributed by atoms with Crippen LogP contribution in [0.1, 0.15) is 11.3 Å². The van der Waals surface area contributed by atoms with Crippen molar-refractivity contribution in [1.82, 2.24) is 14.6 Å². The van der Waals surface area contributed by atoms with Gasteiger partial charge >= 0.3 is 0 Å². The fraction of sp³-hybridized carbons (Fsp3) is 0.125. The van der Waals surface area contributed by atoms with Gasteiger partial charge in [-0.25, -0.2) is 9.50 Å². The SMILES string of the molecule is Cc1cc2ncc(C=NO)cn2n1. The quantitative estimate of drug-likeness (QED) is 0.398. The zero-order valence-electron chi connectivity index (χ0n) is 7.05. The van der Waals surface area contributed by atoms with E-state index in [1.807, 2.05) is 13.0 Å². The molecule has 0 bridgehead atoms. The van der Waals surface area contributed by atoms with Crippen molar-refractivity contribution >= 4 is 11.9 Å². The van der Waals surface area contributed by atoms with Crippen molar-refractivity contribution in [3.8, 4) is 0 Å². The molecule has 0 atom stereocenters. The van der Waals surface area contributed by atoms with E-state index in [-0.39, 0.29) is 0 Å². The Hall–Kier alpha value is -1.91. The van der Waals surface area contributed by atoms with Gasteiger partial charge in [-0.3, -0.25) is 0 Å². The maximum Gasteiger partial charge on any atom is 0.155 e. The number of nitrogens with zero attached hydrogens (tertiary/aromatic N) is 4. The fourth-order valence-corrected chi connectivity index (χ4v) is 1.14. The molecule has 0 aliphatic rings. The van der Waals surface area contributed by atoms with Gasteiger partial charge in [-0.1, -0.05) is 5.16 Å². The molecule has 0 fully saturated rings. The van der Waals surface area contributed by atoms with Crippen LogP contribution in [-0.2, 0) is 0 Å². The van der Waals surface area contributed by atoms with Crippen LogP contribution in [0, 0.1) is 6.92 Å². The Morgan fingerprint density at radius 2 is 2.46 bits per heavy atom. The lowest BCUT2D eigenvalue weighted by Crippen LogP contribution is -1.93. The zero-order valence-corrected chi connectivity index (χ0v) is 7.05. The number of oxime groups is 1. The van der Waals surface area contributed by atoms with Gasteiger partial charge in [0.05, 0.1) is 11.9 Å². The van der Waals surface area contributed by atoms with Gasteiger partial charge in [-0.2, -0.15) is 5.10 Å². The van der Waals surface area contributed by atoms with E-state index in [9.17, 15) is 0 Å². The minimum absolute atomic E-state index is 0.707. The third kappa shape index (κ3) is 1.35. The van der Waals surface area contributed by atoms with Crippen LogP contribution < -0.4 is 0 Å². The van der Waals surface area contributed by atoms with Gasteiger partial charge in [0.1, 0.15) is 0 Å². The van der Waals surface area contributed by atoms with Crippen molar-refractivity contribution in [2.75, 3.05) is 0 Å². The van der Waals surface area contributed by atoms with Gasteiger partial charge in [0, 0.05) is 24.0 Å². The first-order valence-electron chi connectivity index (χ1n) is 3.79. The largest absolute Gasteiger partial charge is 0.411 e. The Morgan fingerprint density at radius 3 is 3.23 bits per heavy atom. The highest BCUT2D eigenvalue weighted by molar-refractivity contribution is 5.78. The second-order valence-electron chi connectivity index (χ2n) is 2.72. The molecule has 2 aromatic heterocycles. The third-order valence-corrected chi connectivity index (χ3v) is 1.66. The Kier molecular flexibility index (Phi) is 1.70. The summed E-state index contributed by atoms with van der Waals surface area (Å²) in [6, 6.07) is 1.87. The van der Waals surface area contributed by atoms with Crippen molar-refractivity contribution in [2.24, 2.45) is 5.16 Å². The Balaban J connectivity index is 2.61. The van der Waals surface area contributed by atoms with Crippen LogP contribution in [0.2, 0.25) is 0 Å². The number of aromatic nitrogens is 3. The molecule has 5 heteroatoms. The highest BCUT2D eigenvalue weighted by Gasteiger charge is 1.98. The van der Waals surface area contributed by atoms with Gasteiger partial charge in [0.2, 0.25) is 0 Å².